The Hall–Kier alpha value is -6.23. The lowest BCUT2D eigenvalue weighted by molar-refractivity contribution is 0.409. The van der Waals surface area contributed by atoms with E-state index >= 15 is 0 Å². The Morgan fingerprint density at radius 2 is 1.08 bits per heavy atom. The van der Waals surface area contributed by atoms with Gasteiger partial charge in [-0.2, -0.15) is 0 Å². The van der Waals surface area contributed by atoms with E-state index in [2.05, 4.69) is 156 Å². The van der Waals surface area contributed by atoms with Gasteiger partial charge in [0, 0.05) is 16.8 Å². The van der Waals surface area contributed by atoms with Gasteiger partial charge in [0.2, 0.25) is 0 Å². The van der Waals surface area contributed by atoms with Gasteiger partial charge in [-0.3, -0.25) is 5.32 Å². The SMILES string of the molecule is C/C=C\c1c(N)cccc1-c1ccc(-c2ccc(-c3ccc(C4NC(c5ccccc5)=NC(c5ccccc5)N4)cc3)c3ccccc23)cc1. The summed E-state index contributed by atoms with van der Waals surface area (Å²) in [6.45, 7) is 2.02. The van der Waals surface area contributed by atoms with Crippen LogP contribution in [0.1, 0.15) is 41.5 Å². The number of allylic oxidation sites excluding steroid dienone is 1. The quantitative estimate of drug-likeness (QED) is 0.151. The van der Waals surface area contributed by atoms with E-state index in [4.69, 9.17) is 10.7 Å². The molecule has 0 amide bonds. The third-order valence-corrected chi connectivity index (χ3v) is 9.49. The van der Waals surface area contributed by atoms with Gasteiger partial charge in [0.1, 0.15) is 18.2 Å². The van der Waals surface area contributed by atoms with Crippen LogP contribution < -0.4 is 16.4 Å². The Morgan fingerprint density at radius 1 is 0.520 bits per heavy atom. The first kappa shape index (κ1) is 31.1. The Kier molecular flexibility index (Phi) is 8.52. The molecule has 2 unspecified atom stereocenters. The zero-order valence-electron chi connectivity index (χ0n) is 27.9. The normalized spacial score (nSPS) is 15.9. The number of aliphatic imine (C=N–C) groups is 1. The first-order valence-corrected chi connectivity index (χ1v) is 17.1. The van der Waals surface area contributed by atoms with Gasteiger partial charge < -0.3 is 11.1 Å². The highest BCUT2D eigenvalue weighted by molar-refractivity contribution is 6.05. The molecule has 1 aliphatic heterocycles. The summed E-state index contributed by atoms with van der Waals surface area (Å²) in [7, 11) is 0. The van der Waals surface area contributed by atoms with Gasteiger partial charge in [0.05, 0.1) is 0 Å². The van der Waals surface area contributed by atoms with E-state index in [0.717, 1.165) is 44.9 Å². The summed E-state index contributed by atoms with van der Waals surface area (Å²) >= 11 is 0. The second kappa shape index (κ2) is 13.7. The zero-order chi connectivity index (χ0) is 33.9. The molecule has 242 valence electrons. The molecule has 7 aromatic carbocycles. The van der Waals surface area contributed by atoms with Gasteiger partial charge >= 0.3 is 0 Å². The molecule has 4 nitrogen and oxygen atoms in total. The van der Waals surface area contributed by atoms with Crippen molar-refractivity contribution in [2.45, 2.75) is 19.3 Å². The second-order valence-corrected chi connectivity index (χ2v) is 12.6. The molecule has 1 aliphatic rings. The standard InChI is InChI=1S/C46H38N4/c1-2-12-42-37(19-11-20-43(42)47)31-21-23-32(24-22-31)38-29-30-39(41-18-10-9-17-40(38)41)33-25-27-36(28-26-33)46-49-44(34-13-5-3-6-14-34)48-45(50-46)35-15-7-4-8-16-35/h2-30,44,46,49H,47H2,1H3,(H,48,50)/b12-2-. The predicted octanol–water partition coefficient (Wildman–Crippen LogP) is 10.8. The van der Waals surface area contributed by atoms with Crippen molar-refractivity contribution in [1.29, 1.82) is 0 Å². The van der Waals surface area contributed by atoms with Crippen molar-refractivity contribution in [2.24, 2.45) is 4.99 Å². The topological polar surface area (TPSA) is 62.4 Å². The number of nitrogens with two attached hydrogens (primary N) is 1. The maximum absolute atomic E-state index is 6.33. The predicted molar refractivity (Wildman–Crippen MR) is 211 cm³/mol. The summed E-state index contributed by atoms with van der Waals surface area (Å²) in [6.07, 6.45) is 3.85. The molecule has 7 aromatic rings. The van der Waals surface area contributed by atoms with Gasteiger partial charge in [-0.1, -0.05) is 170 Å². The van der Waals surface area contributed by atoms with Crippen molar-refractivity contribution in [3.63, 3.8) is 0 Å². The van der Waals surface area contributed by atoms with Crippen LogP contribution in [0, 0.1) is 0 Å². The summed E-state index contributed by atoms with van der Waals surface area (Å²) in [5.41, 5.74) is 18.6. The number of hydrogen-bond donors (Lipinski definition) is 3. The van der Waals surface area contributed by atoms with E-state index in [0.29, 0.717) is 0 Å². The Bertz CT molecular complexity index is 2320. The molecule has 0 bridgehead atoms. The number of fused-ring (bicyclic) bond motifs is 1. The van der Waals surface area contributed by atoms with Crippen molar-refractivity contribution in [1.82, 2.24) is 10.6 Å². The highest BCUT2D eigenvalue weighted by Crippen LogP contribution is 2.38. The lowest BCUT2D eigenvalue weighted by Crippen LogP contribution is -2.44. The third kappa shape index (κ3) is 6.09. The molecule has 0 aromatic heterocycles. The van der Waals surface area contributed by atoms with Crippen LogP contribution in [-0.2, 0) is 0 Å². The number of hydrogen-bond acceptors (Lipinski definition) is 4. The minimum atomic E-state index is -0.163. The molecule has 4 N–H and O–H groups in total. The fourth-order valence-electron chi connectivity index (χ4n) is 6.95. The average molecular weight is 647 g/mol. The number of nitrogens with zero attached hydrogens (tertiary/aromatic N) is 1. The highest BCUT2D eigenvalue weighted by Gasteiger charge is 2.25. The number of amidine groups is 1. The molecule has 0 saturated carbocycles. The fraction of sp³-hybridized carbons (Fsp3) is 0.0652. The lowest BCUT2D eigenvalue weighted by Gasteiger charge is -2.32. The molecule has 2 atom stereocenters. The van der Waals surface area contributed by atoms with Gasteiger partial charge in [-0.15, -0.1) is 0 Å². The van der Waals surface area contributed by atoms with Crippen LogP contribution in [0.3, 0.4) is 0 Å². The average Bonchev–Trinajstić information content (AvgIpc) is 3.19. The van der Waals surface area contributed by atoms with Gasteiger partial charge in [0.25, 0.3) is 0 Å². The van der Waals surface area contributed by atoms with E-state index in [1.165, 1.54) is 33.0 Å². The first-order chi connectivity index (χ1) is 24.7. The molecule has 8 rings (SSSR count). The number of nitrogens with one attached hydrogen (secondary N) is 2. The highest BCUT2D eigenvalue weighted by atomic mass is 15.3. The van der Waals surface area contributed by atoms with Crippen molar-refractivity contribution < 1.29 is 0 Å². The van der Waals surface area contributed by atoms with Crippen LogP contribution in [0.15, 0.2) is 175 Å². The zero-order valence-corrected chi connectivity index (χ0v) is 27.9. The summed E-state index contributed by atoms with van der Waals surface area (Å²) in [4.78, 5) is 5.05. The largest absolute Gasteiger partial charge is 0.398 e. The fourth-order valence-corrected chi connectivity index (χ4v) is 6.95. The Balaban J connectivity index is 1.10. The molecule has 0 spiro atoms. The summed E-state index contributed by atoms with van der Waals surface area (Å²) < 4.78 is 0. The minimum absolute atomic E-state index is 0.106. The van der Waals surface area contributed by atoms with Crippen molar-refractivity contribution in [3.05, 3.63) is 192 Å². The summed E-state index contributed by atoms with van der Waals surface area (Å²) in [5, 5.41) is 9.83. The molecule has 1 heterocycles. The van der Waals surface area contributed by atoms with Crippen molar-refractivity contribution in [2.75, 3.05) is 5.73 Å². The van der Waals surface area contributed by atoms with E-state index in [-0.39, 0.29) is 12.3 Å². The molecule has 0 saturated heterocycles. The van der Waals surface area contributed by atoms with Crippen LogP contribution in [0.25, 0.3) is 50.2 Å². The van der Waals surface area contributed by atoms with E-state index < -0.39 is 0 Å². The van der Waals surface area contributed by atoms with Crippen LogP contribution in [0.5, 0.6) is 0 Å². The molecule has 0 fully saturated rings. The molecule has 4 heteroatoms. The number of rotatable bonds is 7. The Morgan fingerprint density at radius 3 is 1.70 bits per heavy atom. The summed E-state index contributed by atoms with van der Waals surface area (Å²) in [5.74, 6) is 0.882. The first-order valence-electron chi connectivity index (χ1n) is 17.1. The van der Waals surface area contributed by atoms with E-state index in [9.17, 15) is 0 Å². The smallest absolute Gasteiger partial charge is 0.131 e. The molecule has 0 radical (unpaired) electrons. The van der Waals surface area contributed by atoms with Crippen LogP contribution in [-0.4, -0.2) is 5.84 Å². The molecule has 50 heavy (non-hydrogen) atoms. The monoisotopic (exact) mass is 646 g/mol. The number of nitrogen functional groups attached to an aromatic ring is 1. The third-order valence-electron chi connectivity index (χ3n) is 9.49. The van der Waals surface area contributed by atoms with E-state index in [1.807, 2.05) is 37.3 Å². The van der Waals surface area contributed by atoms with Crippen LogP contribution in [0.2, 0.25) is 0 Å². The van der Waals surface area contributed by atoms with Gasteiger partial charge in [-0.05, 0) is 68.3 Å². The van der Waals surface area contributed by atoms with Crippen LogP contribution >= 0.6 is 0 Å². The second-order valence-electron chi connectivity index (χ2n) is 12.6. The van der Waals surface area contributed by atoms with Gasteiger partial charge in [0.15, 0.2) is 0 Å². The van der Waals surface area contributed by atoms with Crippen molar-refractivity contribution in [3.8, 4) is 33.4 Å². The minimum Gasteiger partial charge on any atom is -0.398 e. The van der Waals surface area contributed by atoms with Crippen molar-refractivity contribution >= 4 is 28.4 Å². The molecule has 0 aliphatic carbocycles. The number of benzene rings is 7. The number of anilines is 1. The summed E-state index contributed by atoms with van der Waals surface area (Å²) in [6, 6.07) is 57.8. The molecular weight excluding hydrogens is 609 g/mol. The maximum Gasteiger partial charge on any atom is 0.131 e. The molecular formula is C46H38N4. The van der Waals surface area contributed by atoms with Gasteiger partial charge in [-0.25, -0.2) is 4.99 Å². The lowest BCUT2D eigenvalue weighted by atomic mass is 9.90. The van der Waals surface area contributed by atoms with E-state index in [1.54, 1.807) is 0 Å². The van der Waals surface area contributed by atoms with Crippen LogP contribution in [0.4, 0.5) is 5.69 Å². The maximum atomic E-state index is 6.33. The Labute approximate surface area is 293 Å².